The first-order valence-electron chi connectivity index (χ1n) is 20.6. The van der Waals surface area contributed by atoms with Crippen LogP contribution in [0.15, 0.2) is 158 Å². The van der Waals surface area contributed by atoms with Crippen LogP contribution in [0.5, 0.6) is 0 Å². The number of nitrogens with zero attached hydrogens (tertiary/aromatic N) is 4. The molecule has 4 nitrogen and oxygen atoms in total. The molecule has 0 N–H and O–H groups in total. The summed E-state index contributed by atoms with van der Waals surface area (Å²) in [7, 11) is 0. The van der Waals surface area contributed by atoms with Gasteiger partial charge in [0.25, 0.3) is 0 Å². The average molecular weight is 664 g/mol. The number of fused-ring (bicyclic) bond motifs is 9. The molecule has 0 fully saturated rings. The molecule has 0 aliphatic heterocycles. The lowest BCUT2D eigenvalue weighted by Crippen LogP contribution is -2.00. The molecular weight excluding hydrogens is 629 g/mol. The van der Waals surface area contributed by atoms with Gasteiger partial charge in [0.15, 0.2) is 17.5 Å². The molecule has 50 heavy (non-hydrogen) atoms. The molecule has 0 spiro atoms. The van der Waals surface area contributed by atoms with Gasteiger partial charge >= 0.3 is 0 Å². The van der Waals surface area contributed by atoms with Gasteiger partial charge in [-0.15, -0.1) is 11.3 Å². The predicted octanol–water partition coefficient (Wildman–Crippen LogP) is 12.1. The minimum atomic E-state index is -0.475. The lowest BCUT2D eigenvalue weighted by Gasteiger charge is -2.10. The monoisotopic (exact) mass is 663 g/mol. The largest absolute Gasteiger partial charge is 0.308 e. The number of para-hydroxylation sites is 2. The van der Waals surface area contributed by atoms with Gasteiger partial charge in [0.2, 0.25) is 0 Å². The third kappa shape index (κ3) is 4.08. The Hall–Kier alpha value is -6.43. The summed E-state index contributed by atoms with van der Waals surface area (Å²) >= 11 is 1.36. The molecule has 0 aliphatic rings. The van der Waals surface area contributed by atoms with Crippen molar-refractivity contribution >= 4 is 69.6 Å². The molecule has 0 amide bonds. The van der Waals surface area contributed by atoms with Crippen LogP contribution in [0.3, 0.4) is 0 Å². The second-order valence-electron chi connectivity index (χ2n) is 12.1. The topological polar surface area (TPSA) is 43.1 Å². The van der Waals surface area contributed by atoms with E-state index in [4.69, 9.17) is 24.5 Å². The van der Waals surface area contributed by atoms with Crippen LogP contribution in [0.4, 0.5) is 0 Å². The quantitative estimate of drug-likeness (QED) is 0.188. The van der Waals surface area contributed by atoms with E-state index in [-0.39, 0.29) is 74.3 Å². The van der Waals surface area contributed by atoms with Crippen LogP contribution < -0.4 is 0 Å². The van der Waals surface area contributed by atoms with Crippen molar-refractivity contribution in [3.63, 3.8) is 0 Å². The maximum Gasteiger partial charge on any atom is 0.164 e. The number of benzene rings is 7. The van der Waals surface area contributed by atoms with Crippen molar-refractivity contribution in [2.24, 2.45) is 0 Å². The number of rotatable bonds is 4. The van der Waals surface area contributed by atoms with Gasteiger partial charge in [-0.2, -0.15) is 0 Å². The summed E-state index contributed by atoms with van der Waals surface area (Å²) in [6.45, 7) is 0. The van der Waals surface area contributed by atoms with Gasteiger partial charge < -0.3 is 4.40 Å². The molecular formula is C45H26N4S. The molecule has 5 heteroatoms. The van der Waals surface area contributed by atoms with Crippen molar-refractivity contribution in [3.8, 4) is 45.3 Å². The van der Waals surface area contributed by atoms with Crippen LogP contribution in [0.1, 0.15) is 12.3 Å². The van der Waals surface area contributed by atoms with Crippen molar-refractivity contribution in [1.29, 1.82) is 0 Å². The van der Waals surface area contributed by atoms with Crippen LogP contribution >= 0.6 is 11.3 Å². The standard InChI is InChI=1S/C45H26N4S/c1-3-11-27(12-4-1)43-46-44(28-13-5-2-6-14-28)48-45(47-43)31-16-9-15-29(23-31)30-21-22-40-36(24-30)37-25-39-35(26-41(37)50-40)34-19-10-18-33-32-17-7-8-20-38(32)49(39)42(33)34/h1-26H/i7D,8D,10D,17D,18D,19D,20D,25D,26D. The van der Waals surface area contributed by atoms with Crippen LogP contribution in [0, 0.1) is 0 Å². The van der Waals surface area contributed by atoms with E-state index >= 15 is 0 Å². The highest BCUT2D eigenvalue weighted by Crippen LogP contribution is 2.44. The third-order valence-electron chi connectivity index (χ3n) is 9.25. The van der Waals surface area contributed by atoms with Crippen LogP contribution in [0.25, 0.3) is 104 Å². The van der Waals surface area contributed by atoms with E-state index in [2.05, 4.69) is 0 Å². The Balaban J connectivity index is 1.15. The van der Waals surface area contributed by atoms with Gasteiger partial charge in [-0.05, 0) is 47.5 Å². The molecule has 4 aromatic heterocycles. The Labute approximate surface area is 303 Å². The highest BCUT2D eigenvalue weighted by atomic mass is 32.1. The van der Waals surface area contributed by atoms with Gasteiger partial charge in [-0.1, -0.05) is 121 Å². The highest BCUT2D eigenvalue weighted by Gasteiger charge is 2.19. The summed E-state index contributed by atoms with van der Waals surface area (Å²) in [6, 6.07) is 30.8. The van der Waals surface area contributed by atoms with E-state index in [9.17, 15) is 2.74 Å². The molecule has 232 valence electrons. The Morgan fingerprint density at radius 3 is 1.82 bits per heavy atom. The molecule has 0 bridgehead atoms. The predicted molar refractivity (Wildman–Crippen MR) is 209 cm³/mol. The summed E-state index contributed by atoms with van der Waals surface area (Å²) in [6.07, 6.45) is 0. The molecule has 0 unspecified atom stereocenters. The molecule has 0 aliphatic carbocycles. The fraction of sp³-hybridized carbons (Fsp3) is 0. The summed E-state index contributed by atoms with van der Waals surface area (Å²) in [5, 5.41) is 1.83. The van der Waals surface area contributed by atoms with Gasteiger partial charge in [0.1, 0.15) is 0 Å². The zero-order chi connectivity index (χ0) is 40.6. The molecule has 11 aromatic rings. The van der Waals surface area contributed by atoms with E-state index < -0.39 is 18.1 Å². The molecule has 11 rings (SSSR count). The third-order valence-corrected chi connectivity index (χ3v) is 10.3. The molecule has 7 aromatic carbocycles. The lowest BCUT2D eigenvalue weighted by molar-refractivity contribution is 1.07. The minimum Gasteiger partial charge on any atom is -0.308 e. The highest BCUT2D eigenvalue weighted by molar-refractivity contribution is 7.25. The van der Waals surface area contributed by atoms with Crippen LogP contribution in [-0.4, -0.2) is 19.4 Å². The van der Waals surface area contributed by atoms with Crippen molar-refractivity contribution in [3.05, 3.63) is 158 Å². The van der Waals surface area contributed by atoms with Gasteiger partial charge in [0, 0.05) is 58.4 Å². The van der Waals surface area contributed by atoms with Gasteiger partial charge in [-0.3, -0.25) is 0 Å². The number of aromatic nitrogens is 4. The van der Waals surface area contributed by atoms with Crippen molar-refractivity contribution in [1.82, 2.24) is 19.4 Å². The smallest absolute Gasteiger partial charge is 0.164 e. The molecule has 0 atom stereocenters. The first-order chi connectivity index (χ1) is 28.5. The lowest BCUT2D eigenvalue weighted by atomic mass is 10.00. The number of thiophene rings is 1. The van der Waals surface area contributed by atoms with E-state index in [0.717, 1.165) is 37.9 Å². The van der Waals surface area contributed by atoms with Crippen molar-refractivity contribution in [2.45, 2.75) is 0 Å². The fourth-order valence-corrected chi connectivity index (χ4v) is 7.99. The molecule has 0 saturated heterocycles. The Bertz CT molecular complexity index is 3550. The van der Waals surface area contributed by atoms with Gasteiger partial charge in [-0.25, -0.2) is 15.0 Å². The first kappa shape index (κ1) is 20.2. The fourth-order valence-electron chi connectivity index (χ4n) is 6.94. The number of hydrogen-bond donors (Lipinski definition) is 0. The Morgan fingerprint density at radius 2 is 1.06 bits per heavy atom. The maximum atomic E-state index is 9.80. The summed E-state index contributed by atoms with van der Waals surface area (Å²) in [4.78, 5) is 14.6. The normalized spacial score (nSPS) is 14.5. The zero-order valence-electron chi connectivity index (χ0n) is 35.0. The van der Waals surface area contributed by atoms with E-state index in [0.29, 0.717) is 27.6 Å². The van der Waals surface area contributed by atoms with Crippen molar-refractivity contribution < 1.29 is 12.3 Å². The average Bonchev–Trinajstić information content (AvgIpc) is 3.95. The minimum absolute atomic E-state index is 0.0232. The Morgan fingerprint density at radius 1 is 0.440 bits per heavy atom. The summed E-state index contributed by atoms with van der Waals surface area (Å²) < 4.78 is 83.6. The van der Waals surface area contributed by atoms with Crippen molar-refractivity contribution in [2.75, 3.05) is 0 Å². The van der Waals surface area contributed by atoms with E-state index in [1.165, 1.54) is 15.7 Å². The molecule has 4 heterocycles. The summed E-state index contributed by atoms with van der Waals surface area (Å²) in [5.74, 6) is 1.61. The Kier molecular flexibility index (Phi) is 4.25. The number of hydrogen-bond acceptors (Lipinski definition) is 4. The molecule has 0 saturated carbocycles. The SMILES string of the molecule is [2H]c1c([2H])c([2H])c2c(c1[2H])c1c([2H])c([2H])c([2H])c3c4c([2H])c5sc6ccc(-c7cccc(-c8nc(-c9ccccc9)nc(-c9ccccc9)n8)c7)cc6c5c([2H])c4n2c13. The van der Waals surface area contributed by atoms with Gasteiger partial charge in [0.05, 0.1) is 28.9 Å². The van der Waals surface area contributed by atoms with E-state index in [1.807, 2.05) is 103 Å². The zero-order valence-corrected chi connectivity index (χ0v) is 26.8. The first-order valence-corrected chi connectivity index (χ1v) is 16.9. The van der Waals surface area contributed by atoms with Crippen LogP contribution in [-0.2, 0) is 0 Å². The maximum absolute atomic E-state index is 9.80. The van der Waals surface area contributed by atoms with Crippen LogP contribution in [0.2, 0.25) is 0 Å². The second-order valence-corrected chi connectivity index (χ2v) is 13.2. The summed E-state index contributed by atoms with van der Waals surface area (Å²) in [5.41, 5.74) is 4.73. The van der Waals surface area contributed by atoms with E-state index in [1.54, 1.807) is 0 Å². The second kappa shape index (κ2) is 10.5. The molecule has 0 radical (unpaired) electrons.